The molecular weight excluding hydrogens is 354 g/mol. The maximum absolute atomic E-state index is 12.6. The fraction of sp³-hybridized carbons (Fsp3) is 0.429. The highest BCUT2D eigenvalue weighted by atomic mass is 16.2. The van der Waals surface area contributed by atoms with Gasteiger partial charge in [0.05, 0.1) is 12.4 Å². The van der Waals surface area contributed by atoms with Crippen LogP contribution in [0.2, 0.25) is 0 Å². The van der Waals surface area contributed by atoms with Gasteiger partial charge in [0.2, 0.25) is 5.91 Å². The molecule has 2 aromatic rings. The molecule has 0 saturated carbocycles. The molecule has 1 aliphatic rings. The molecule has 1 fully saturated rings. The summed E-state index contributed by atoms with van der Waals surface area (Å²) in [5.74, 6) is 0.469. The van der Waals surface area contributed by atoms with Crippen LogP contribution in [-0.2, 0) is 10.2 Å². The smallest absolute Gasteiger partial charge is 0.274 e. The number of benzene rings is 1. The van der Waals surface area contributed by atoms with Crippen molar-refractivity contribution in [3.8, 4) is 0 Å². The molecule has 0 unspecified atom stereocenters. The third kappa shape index (κ3) is 4.65. The average Bonchev–Trinajstić information content (AvgIpc) is 2.68. The Balaban J connectivity index is 1.60. The fourth-order valence-electron chi connectivity index (χ4n) is 3.09. The van der Waals surface area contributed by atoms with Crippen LogP contribution in [0.25, 0.3) is 0 Å². The van der Waals surface area contributed by atoms with Gasteiger partial charge in [-0.1, -0.05) is 32.9 Å². The number of hydrogen-bond donors (Lipinski definition) is 1. The van der Waals surface area contributed by atoms with Gasteiger partial charge in [0.25, 0.3) is 5.91 Å². The highest BCUT2D eigenvalue weighted by molar-refractivity contribution is 5.92. The number of carbonyl (C=O) groups is 2. The molecule has 7 nitrogen and oxygen atoms in total. The maximum Gasteiger partial charge on any atom is 0.274 e. The summed E-state index contributed by atoms with van der Waals surface area (Å²) in [7, 11) is 0. The summed E-state index contributed by atoms with van der Waals surface area (Å²) in [5.41, 5.74) is 2.59. The standard InChI is InChI=1S/C21H27N5O2/c1-15(27)25-9-11-26(12-10-25)20(28)18-13-23-19(14-22-18)24-17-7-5-16(6-8-17)21(2,3)4/h5-8,13-14H,9-12H2,1-4H3,(H,23,24). The Kier molecular flexibility index (Phi) is 5.63. The lowest BCUT2D eigenvalue weighted by Crippen LogP contribution is -2.50. The molecule has 1 saturated heterocycles. The van der Waals surface area contributed by atoms with Crippen molar-refractivity contribution in [1.82, 2.24) is 19.8 Å². The summed E-state index contributed by atoms with van der Waals surface area (Å²) >= 11 is 0. The second-order valence-corrected chi connectivity index (χ2v) is 8.04. The molecule has 0 aliphatic carbocycles. The first-order valence-corrected chi connectivity index (χ1v) is 9.48. The van der Waals surface area contributed by atoms with Crippen molar-refractivity contribution in [2.75, 3.05) is 31.5 Å². The van der Waals surface area contributed by atoms with Gasteiger partial charge >= 0.3 is 0 Å². The number of anilines is 2. The number of carbonyl (C=O) groups excluding carboxylic acids is 2. The molecule has 0 radical (unpaired) electrons. The Hall–Kier alpha value is -2.96. The normalized spacial score (nSPS) is 14.7. The van der Waals surface area contributed by atoms with Gasteiger partial charge in [-0.25, -0.2) is 9.97 Å². The van der Waals surface area contributed by atoms with Gasteiger partial charge in [0.15, 0.2) is 0 Å². The van der Waals surface area contributed by atoms with E-state index in [9.17, 15) is 9.59 Å². The van der Waals surface area contributed by atoms with Crippen molar-refractivity contribution >= 4 is 23.3 Å². The number of rotatable bonds is 3. The Morgan fingerprint density at radius 1 is 0.929 bits per heavy atom. The van der Waals surface area contributed by atoms with Gasteiger partial charge in [-0.05, 0) is 23.1 Å². The van der Waals surface area contributed by atoms with E-state index in [0.717, 1.165) is 5.69 Å². The predicted molar refractivity (Wildman–Crippen MR) is 109 cm³/mol. The average molecular weight is 381 g/mol. The summed E-state index contributed by atoms with van der Waals surface area (Å²) in [6.45, 7) is 10.2. The van der Waals surface area contributed by atoms with Crippen LogP contribution >= 0.6 is 0 Å². The van der Waals surface area contributed by atoms with Crippen LogP contribution in [0.1, 0.15) is 43.7 Å². The zero-order valence-corrected chi connectivity index (χ0v) is 16.9. The van der Waals surface area contributed by atoms with Gasteiger partial charge in [-0.3, -0.25) is 9.59 Å². The summed E-state index contributed by atoms with van der Waals surface area (Å²) in [4.78, 5) is 36.0. The lowest BCUT2D eigenvalue weighted by atomic mass is 9.87. The second kappa shape index (κ2) is 7.96. The third-order valence-corrected chi connectivity index (χ3v) is 4.91. The molecule has 28 heavy (non-hydrogen) atoms. The van der Waals surface area contributed by atoms with E-state index in [1.807, 2.05) is 12.1 Å². The van der Waals surface area contributed by atoms with Gasteiger partial charge in [-0.2, -0.15) is 0 Å². The molecule has 0 bridgehead atoms. The SMILES string of the molecule is CC(=O)N1CCN(C(=O)c2cnc(Nc3ccc(C(C)(C)C)cc3)cn2)CC1. The molecule has 1 aromatic carbocycles. The number of amides is 2. The van der Waals surface area contributed by atoms with E-state index in [1.54, 1.807) is 22.9 Å². The summed E-state index contributed by atoms with van der Waals surface area (Å²) in [6, 6.07) is 8.20. The number of piperazine rings is 1. The number of nitrogens with one attached hydrogen (secondary N) is 1. The quantitative estimate of drug-likeness (QED) is 0.884. The Labute approximate surface area is 165 Å². The van der Waals surface area contributed by atoms with E-state index in [1.165, 1.54) is 11.8 Å². The monoisotopic (exact) mass is 381 g/mol. The Morgan fingerprint density at radius 3 is 2.04 bits per heavy atom. The molecule has 3 rings (SSSR count). The Bertz CT molecular complexity index is 833. The number of aromatic nitrogens is 2. The zero-order chi connectivity index (χ0) is 20.3. The van der Waals surface area contributed by atoms with Crippen molar-refractivity contribution in [2.45, 2.75) is 33.1 Å². The first kappa shape index (κ1) is 19.8. The molecule has 7 heteroatoms. The summed E-state index contributed by atoms with van der Waals surface area (Å²) in [5, 5.41) is 3.20. The first-order valence-electron chi connectivity index (χ1n) is 9.48. The van der Waals surface area contributed by atoms with Gasteiger partial charge < -0.3 is 15.1 Å². The van der Waals surface area contributed by atoms with Crippen molar-refractivity contribution in [1.29, 1.82) is 0 Å². The maximum atomic E-state index is 12.6. The number of nitrogens with zero attached hydrogens (tertiary/aromatic N) is 4. The molecule has 1 aromatic heterocycles. The minimum absolute atomic E-state index is 0.0397. The molecule has 1 aliphatic heterocycles. The topological polar surface area (TPSA) is 78.4 Å². The van der Waals surface area contributed by atoms with Crippen LogP contribution in [0.5, 0.6) is 0 Å². The van der Waals surface area contributed by atoms with Crippen LogP contribution in [0.4, 0.5) is 11.5 Å². The van der Waals surface area contributed by atoms with Crippen LogP contribution in [0.15, 0.2) is 36.7 Å². The van der Waals surface area contributed by atoms with Gasteiger partial charge in [0, 0.05) is 38.8 Å². The Morgan fingerprint density at radius 2 is 1.54 bits per heavy atom. The predicted octanol–water partition coefficient (Wildman–Crippen LogP) is 2.82. The van der Waals surface area contributed by atoms with Crippen LogP contribution < -0.4 is 5.32 Å². The fourth-order valence-corrected chi connectivity index (χ4v) is 3.09. The highest BCUT2D eigenvalue weighted by Crippen LogP contribution is 2.24. The van der Waals surface area contributed by atoms with Crippen molar-refractivity contribution < 1.29 is 9.59 Å². The minimum Gasteiger partial charge on any atom is -0.339 e. The van der Waals surface area contributed by atoms with Crippen LogP contribution in [0, 0.1) is 0 Å². The lowest BCUT2D eigenvalue weighted by molar-refractivity contribution is -0.130. The van der Waals surface area contributed by atoms with Gasteiger partial charge in [0.1, 0.15) is 11.5 Å². The van der Waals surface area contributed by atoms with E-state index >= 15 is 0 Å². The van der Waals surface area contributed by atoms with Crippen molar-refractivity contribution in [3.05, 3.63) is 47.9 Å². The summed E-state index contributed by atoms with van der Waals surface area (Å²) in [6.07, 6.45) is 3.06. The molecule has 0 spiro atoms. The van der Waals surface area contributed by atoms with E-state index < -0.39 is 0 Å². The summed E-state index contributed by atoms with van der Waals surface area (Å²) < 4.78 is 0. The molecule has 0 atom stereocenters. The molecule has 2 amide bonds. The third-order valence-electron chi connectivity index (χ3n) is 4.91. The second-order valence-electron chi connectivity index (χ2n) is 8.04. The van der Waals surface area contributed by atoms with E-state index in [2.05, 4.69) is 48.2 Å². The highest BCUT2D eigenvalue weighted by Gasteiger charge is 2.24. The molecule has 1 N–H and O–H groups in total. The lowest BCUT2D eigenvalue weighted by Gasteiger charge is -2.33. The molecular formula is C21H27N5O2. The van der Waals surface area contributed by atoms with Gasteiger partial charge in [-0.15, -0.1) is 0 Å². The minimum atomic E-state index is -0.156. The van der Waals surface area contributed by atoms with Crippen molar-refractivity contribution in [3.63, 3.8) is 0 Å². The van der Waals surface area contributed by atoms with E-state index in [-0.39, 0.29) is 17.2 Å². The largest absolute Gasteiger partial charge is 0.339 e. The first-order chi connectivity index (χ1) is 13.2. The van der Waals surface area contributed by atoms with E-state index in [0.29, 0.717) is 37.7 Å². The van der Waals surface area contributed by atoms with Crippen molar-refractivity contribution in [2.24, 2.45) is 0 Å². The molecule has 2 heterocycles. The van der Waals surface area contributed by atoms with E-state index in [4.69, 9.17) is 0 Å². The molecule has 148 valence electrons. The number of hydrogen-bond acceptors (Lipinski definition) is 5. The zero-order valence-electron chi connectivity index (χ0n) is 16.9. The van der Waals surface area contributed by atoms with Crippen LogP contribution in [0.3, 0.4) is 0 Å². The van der Waals surface area contributed by atoms with Crippen LogP contribution in [-0.4, -0.2) is 57.8 Å².